The summed E-state index contributed by atoms with van der Waals surface area (Å²) in [6.07, 6.45) is 5.80. The molecule has 3 N–H and O–H groups in total. The van der Waals surface area contributed by atoms with Crippen LogP contribution in [0.3, 0.4) is 0 Å². The molecular weight excluding hydrogens is 236 g/mol. The van der Waals surface area contributed by atoms with Gasteiger partial charge in [-0.25, -0.2) is 9.59 Å². The van der Waals surface area contributed by atoms with Gasteiger partial charge in [-0.1, -0.05) is 0 Å². The molecule has 1 unspecified atom stereocenters. The summed E-state index contributed by atoms with van der Waals surface area (Å²) in [6, 6.07) is 2.35. The molecule has 0 aliphatic carbocycles. The van der Waals surface area contributed by atoms with E-state index < -0.39 is 18.0 Å². The fourth-order valence-electron chi connectivity index (χ4n) is 1.59. The first-order valence-electron chi connectivity index (χ1n) is 5.15. The SMILES string of the molecule is O=C(O)C1=CC(c2cc(C(=O)O)ccn2)NC=C1. The van der Waals surface area contributed by atoms with Gasteiger partial charge in [-0.3, -0.25) is 4.98 Å². The van der Waals surface area contributed by atoms with Gasteiger partial charge in [0.15, 0.2) is 0 Å². The molecule has 0 amide bonds. The number of nitrogens with zero attached hydrogens (tertiary/aromatic N) is 1. The summed E-state index contributed by atoms with van der Waals surface area (Å²) in [5, 5.41) is 20.7. The topological polar surface area (TPSA) is 99.5 Å². The van der Waals surface area contributed by atoms with Gasteiger partial charge >= 0.3 is 11.9 Å². The van der Waals surface area contributed by atoms with Crippen LogP contribution in [-0.4, -0.2) is 27.1 Å². The molecule has 2 heterocycles. The van der Waals surface area contributed by atoms with Crippen LogP contribution < -0.4 is 5.32 Å². The maximum absolute atomic E-state index is 10.8. The molecule has 0 radical (unpaired) electrons. The lowest BCUT2D eigenvalue weighted by atomic mass is 10.0. The van der Waals surface area contributed by atoms with Gasteiger partial charge in [0.25, 0.3) is 0 Å². The van der Waals surface area contributed by atoms with E-state index in [1.165, 1.54) is 36.7 Å². The molecule has 0 fully saturated rings. The molecule has 0 bridgehead atoms. The summed E-state index contributed by atoms with van der Waals surface area (Å²) >= 11 is 0. The van der Waals surface area contributed by atoms with Crippen molar-refractivity contribution in [1.29, 1.82) is 0 Å². The molecule has 0 spiro atoms. The normalized spacial score (nSPS) is 17.8. The standard InChI is InChI=1S/C12H10N2O4/c15-11(16)7-1-3-13-9(5-7)10-6-8(12(17)18)2-4-14-10/h1-6,9,13H,(H,15,16)(H,17,18). The minimum Gasteiger partial charge on any atom is -0.478 e. The summed E-state index contributed by atoms with van der Waals surface area (Å²) in [6.45, 7) is 0. The van der Waals surface area contributed by atoms with Crippen molar-refractivity contribution in [2.75, 3.05) is 0 Å². The number of rotatable bonds is 3. The Balaban J connectivity index is 2.32. The number of carboxylic acids is 2. The van der Waals surface area contributed by atoms with Gasteiger partial charge in [-0.2, -0.15) is 0 Å². The molecule has 0 saturated carbocycles. The predicted molar refractivity (Wildman–Crippen MR) is 61.9 cm³/mol. The minimum absolute atomic E-state index is 0.113. The van der Waals surface area contributed by atoms with E-state index in [0.29, 0.717) is 5.69 Å². The van der Waals surface area contributed by atoms with Crippen LogP contribution in [0.25, 0.3) is 0 Å². The zero-order valence-corrected chi connectivity index (χ0v) is 9.20. The van der Waals surface area contributed by atoms with Crippen LogP contribution in [0.2, 0.25) is 0 Å². The first kappa shape index (κ1) is 11.8. The molecule has 18 heavy (non-hydrogen) atoms. The number of aliphatic carboxylic acids is 1. The van der Waals surface area contributed by atoms with Crippen molar-refractivity contribution in [3.05, 3.63) is 53.5 Å². The average molecular weight is 246 g/mol. The molecule has 2 rings (SSSR count). The molecule has 1 aliphatic rings. The molecule has 1 aromatic heterocycles. The molecule has 1 atom stereocenters. The number of aromatic nitrogens is 1. The molecular formula is C12H10N2O4. The summed E-state index contributed by atoms with van der Waals surface area (Å²) in [5.74, 6) is -2.08. The molecule has 1 aliphatic heterocycles. The first-order valence-corrected chi connectivity index (χ1v) is 5.15. The summed E-state index contributed by atoms with van der Waals surface area (Å²) < 4.78 is 0. The molecule has 0 aromatic carbocycles. The number of aromatic carboxylic acids is 1. The Bertz CT molecular complexity index is 563. The number of dihydropyridines is 1. The van der Waals surface area contributed by atoms with Crippen molar-refractivity contribution in [3.8, 4) is 0 Å². The largest absolute Gasteiger partial charge is 0.478 e. The van der Waals surface area contributed by atoms with Crippen LogP contribution in [0.4, 0.5) is 0 Å². The molecule has 6 heteroatoms. The maximum atomic E-state index is 10.8. The van der Waals surface area contributed by atoms with Gasteiger partial charge < -0.3 is 15.5 Å². The van der Waals surface area contributed by atoms with Gasteiger partial charge in [-0.15, -0.1) is 0 Å². The molecule has 1 aromatic rings. The number of hydrogen-bond donors (Lipinski definition) is 3. The van der Waals surface area contributed by atoms with Gasteiger partial charge in [0.2, 0.25) is 0 Å². The van der Waals surface area contributed by atoms with E-state index in [0.717, 1.165) is 0 Å². The highest BCUT2D eigenvalue weighted by Crippen LogP contribution is 2.19. The van der Waals surface area contributed by atoms with Crippen LogP contribution in [-0.2, 0) is 4.79 Å². The summed E-state index contributed by atoms with van der Waals surface area (Å²) in [5.41, 5.74) is 0.709. The van der Waals surface area contributed by atoms with Crippen LogP contribution in [0.15, 0.2) is 42.3 Å². The fourth-order valence-corrected chi connectivity index (χ4v) is 1.59. The van der Waals surface area contributed by atoms with Gasteiger partial charge in [0, 0.05) is 6.20 Å². The van der Waals surface area contributed by atoms with E-state index in [1.807, 2.05) is 0 Å². The van der Waals surface area contributed by atoms with Crippen molar-refractivity contribution in [3.63, 3.8) is 0 Å². The monoisotopic (exact) mass is 246 g/mol. The lowest BCUT2D eigenvalue weighted by Gasteiger charge is -2.17. The lowest BCUT2D eigenvalue weighted by Crippen LogP contribution is -2.20. The van der Waals surface area contributed by atoms with Crippen molar-refractivity contribution < 1.29 is 19.8 Å². The fraction of sp³-hybridized carbons (Fsp3) is 0.0833. The van der Waals surface area contributed by atoms with Crippen LogP contribution in [0.1, 0.15) is 22.1 Å². The molecule has 92 valence electrons. The van der Waals surface area contributed by atoms with Gasteiger partial charge in [0.1, 0.15) is 0 Å². The first-order chi connectivity index (χ1) is 8.58. The van der Waals surface area contributed by atoms with Gasteiger partial charge in [-0.05, 0) is 30.5 Å². The van der Waals surface area contributed by atoms with Crippen LogP contribution >= 0.6 is 0 Å². The number of pyridine rings is 1. The average Bonchev–Trinajstić information content (AvgIpc) is 2.39. The zero-order valence-electron chi connectivity index (χ0n) is 9.20. The van der Waals surface area contributed by atoms with E-state index in [9.17, 15) is 9.59 Å². The number of hydrogen-bond acceptors (Lipinski definition) is 4. The number of carboxylic acid groups (broad SMARTS) is 2. The third-order valence-corrected chi connectivity index (χ3v) is 2.48. The summed E-state index contributed by atoms with van der Waals surface area (Å²) in [7, 11) is 0. The van der Waals surface area contributed by atoms with Crippen molar-refractivity contribution in [2.45, 2.75) is 6.04 Å². The zero-order chi connectivity index (χ0) is 13.1. The van der Waals surface area contributed by atoms with E-state index in [-0.39, 0.29) is 11.1 Å². The molecule has 6 nitrogen and oxygen atoms in total. The highest BCUT2D eigenvalue weighted by molar-refractivity contribution is 5.90. The second-order valence-electron chi connectivity index (χ2n) is 3.68. The second-order valence-corrected chi connectivity index (χ2v) is 3.68. The second kappa shape index (κ2) is 4.70. The highest BCUT2D eigenvalue weighted by atomic mass is 16.4. The van der Waals surface area contributed by atoms with Crippen molar-refractivity contribution in [1.82, 2.24) is 10.3 Å². The Morgan fingerprint density at radius 3 is 2.72 bits per heavy atom. The van der Waals surface area contributed by atoms with Crippen molar-refractivity contribution in [2.24, 2.45) is 0 Å². The smallest absolute Gasteiger partial charge is 0.335 e. The number of carbonyl (C=O) groups is 2. The Morgan fingerprint density at radius 1 is 1.28 bits per heavy atom. The van der Waals surface area contributed by atoms with Gasteiger partial charge in [0.05, 0.1) is 22.9 Å². The third kappa shape index (κ3) is 2.37. The van der Waals surface area contributed by atoms with Crippen LogP contribution in [0, 0.1) is 0 Å². The minimum atomic E-state index is -1.05. The summed E-state index contributed by atoms with van der Waals surface area (Å²) in [4.78, 5) is 25.7. The highest BCUT2D eigenvalue weighted by Gasteiger charge is 2.17. The van der Waals surface area contributed by atoms with E-state index in [4.69, 9.17) is 10.2 Å². The van der Waals surface area contributed by atoms with E-state index in [1.54, 1.807) is 0 Å². The molecule has 0 saturated heterocycles. The van der Waals surface area contributed by atoms with E-state index >= 15 is 0 Å². The maximum Gasteiger partial charge on any atom is 0.335 e. The Hall–Kier alpha value is -2.63. The lowest BCUT2D eigenvalue weighted by molar-refractivity contribution is -0.132. The van der Waals surface area contributed by atoms with E-state index in [2.05, 4.69) is 10.3 Å². The predicted octanol–water partition coefficient (Wildman–Crippen LogP) is 0.949. The third-order valence-electron chi connectivity index (χ3n) is 2.48. The Morgan fingerprint density at radius 2 is 2.06 bits per heavy atom. The Labute approximate surface area is 102 Å². The quantitative estimate of drug-likeness (QED) is 0.734. The Kier molecular flexibility index (Phi) is 3.09. The van der Waals surface area contributed by atoms with Crippen LogP contribution in [0.5, 0.6) is 0 Å². The van der Waals surface area contributed by atoms with Crippen molar-refractivity contribution >= 4 is 11.9 Å². The number of nitrogens with one attached hydrogen (secondary N) is 1.